The lowest BCUT2D eigenvalue weighted by atomic mass is 10.1. The van der Waals surface area contributed by atoms with Crippen molar-refractivity contribution in [2.45, 2.75) is 13.1 Å². The summed E-state index contributed by atoms with van der Waals surface area (Å²) in [7, 11) is 0. The Balaban J connectivity index is 1.41. The Hall–Kier alpha value is -3.83. The molecule has 3 aromatic carbocycles. The number of thioether (sulfide) groups is 1. The first-order chi connectivity index (χ1) is 18.1. The number of amides is 2. The van der Waals surface area contributed by atoms with Crippen LogP contribution in [-0.4, -0.2) is 29.3 Å². The summed E-state index contributed by atoms with van der Waals surface area (Å²) >= 11 is 6.26. The molecule has 1 aliphatic heterocycles. The molecule has 0 atom stereocenters. The molecular formula is C27H21F3N2O4S2. The SMILES string of the molecule is CCOc1ccc(NC(=O)COc2cccc(/C=C3\SC(=S)N(c4cccc(C(F)(F)F)c4)C3=O)c2)cc1. The fraction of sp³-hybridized carbons (Fsp3) is 0.148. The second-order valence-corrected chi connectivity index (χ2v) is 9.61. The van der Waals surface area contributed by atoms with E-state index < -0.39 is 17.6 Å². The number of anilines is 2. The number of nitrogens with zero attached hydrogens (tertiary/aromatic N) is 1. The van der Waals surface area contributed by atoms with Gasteiger partial charge < -0.3 is 14.8 Å². The highest BCUT2D eigenvalue weighted by Crippen LogP contribution is 2.38. The maximum absolute atomic E-state index is 13.1. The number of thiocarbonyl (C=S) groups is 1. The van der Waals surface area contributed by atoms with Crippen molar-refractivity contribution >= 4 is 57.6 Å². The first-order valence-electron chi connectivity index (χ1n) is 11.3. The Labute approximate surface area is 226 Å². The quantitative estimate of drug-likeness (QED) is 0.251. The summed E-state index contributed by atoms with van der Waals surface area (Å²) in [4.78, 5) is 26.6. The van der Waals surface area contributed by atoms with Crippen LogP contribution in [0.15, 0.2) is 77.7 Å². The van der Waals surface area contributed by atoms with Crippen molar-refractivity contribution in [1.29, 1.82) is 0 Å². The molecule has 0 aliphatic carbocycles. The van der Waals surface area contributed by atoms with Crippen molar-refractivity contribution in [3.8, 4) is 11.5 Å². The van der Waals surface area contributed by atoms with Gasteiger partial charge in [-0.05, 0) is 73.2 Å². The Morgan fingerprint density at radius 3 is 2.47 bits per heavy atom. The smallest absolute Gasteiger partial charge is 0.416 e. The van der Waals surface area contributed by atoms with Gasteiger partial charge in [-0.25, -0.2) is 0 Å². The zero-order valence-electron chi connectivity index (χ0n) is 20.0. The van der Waals surface area contributed by atoms with Crippen LogP contribution in [0.25, 0.3) is 6.08 Å². The lowest BCUT2D eigenvalue weighted by Gasteiger charge is -2.16. The number of halogens is 3. The summed E-state index contributed by atoms with van der Waals surface area (Å²) in [6, 6.07) is 18.1. The number of hydrogen-bond donors (Lipinski definition) is 1. The summed E-state index contributed by atoms with van der Waals surface area (Å²) in [5.74, 6) is 0.209. The minimum Gasteiger partial charge on any atom is -0.494 e. The molecule has 0 unspecified atom stereocenters. The largest absolute Gasteiger partial charge is 0.494 e. The molecule has 38 heavy (non-hydrogen) atoms. The molecule has 0 aromatic heterocycles. The zero-order valence-corrected chi connectivity index (χ0v) is 21.6. The van der Waals surface area contributed by atoms with E-state index in [9.17, 15) is 22.8 Å². The molecule has 0 spiro atoms. The molecule has 0 bridgehead atoms. The van der Waals surface area contributed by atoms with Crippen LogP contribution in [0.1, 0.15) is 18.1 Å². The molecule has 1 heterocycles. The Morgan fingerprint density at radius 2 is 1.76 bits per heavy atom. The van der Waals surface area contributed by atoms with Crippen molar-refractivity contribution in [3.05, 3.63) is 88.8 Å². The van der Waals surface area contributed by atoms with Gasteiger partial charge in [0, 0.05) is 5.69 Å². The summed E-state index contributed by atoms with van der Waals surface area (Å²) in [6.45, 7) is 2.18. The molecule has 11 heteroatoms. The van der Waals surface area contributed by atoms with Crippen molar-refractivity contribution in [2.75, 3.05) is 23.4 Å². The topological polar surface area (TPSA) is 67.9 Å². The molecule has 6 nitrogen and oxygen atoms in total. The van der Waals surface area contributed by atoms with E-state index in [0.29, 0.717) is 29.4 Å². The summed E-state index contributed by atoms with van der Waals surface area (Å²) in [5.41, 5.74) is 0.364. The predicted octanol–water partition coefficient (Wildman–Crippen LogP) is 6.53. The Morgan fingerprint density at radius 1 is 1.03 bits per heavy atom. The van der Waals surface area contributed by atoms with Gasteiger partial charge >= 0.3 is 6.18 Å². The third kappa shape index (κ3) is 6.73. The van der Waals surface area contributed by atoms with Gasteiger partial charge in [-0.3, -0.25) is 14.5 Å². The number of alkyl halides is 3. The highest BCUT2D eigenvalue weighted by atomic mass is 32.2. The molecular weight excluding hydrogens is 537 g/mol. The predicted molar refractivity (Wildman–Crippen MR) is 145 cm³/mol. The molecule has 1 N–H and O–H groups in total. The maximum atomic E-state index is 13.1. The van der Waals surface area contributed by atoms with Crippen LogP contribution < -0.4 is 19.7 Å². The van der Waals surface area contributed by atoms with Crippen molar-refractivity contribution in [1.82, 2.24) is 0 Å². The maximum Gasteiger partial charge on any atom is 0.416 e. The van der Waals surface area contributed by atoms with Crippen LogP contribution in [-0.2, 0) is 15.8 Å². The van der Waals surface area contributed by atoms with Gasteiger partial charge in [-0.2, -0.15) is 13.2 Å². The van der Waals surface area contributed by atoms with Gasteiger partial charge in [0.2, 0.25) is 0 Å². The average molecular weight is 559 g/mol. The fourth-order valence-electron chi connectivity index (χ4n) is 3.50. The lowest BCUT2D eigenvalue weighted by molar-refractivity contribution is -0.137. The van der Waals surface area contributed by atoms with Gasteiger partial charge in [-0.1, -0.05) is 42.2 Å². The standard InChI is InChI=1S/C27H21F3N2O4S2/c1-2-35-21-11-9-19(10-12-21)31-24(33)16-36-22-8-3-5-17(13-22)14-23-25(34)32(26(37)38-23)20-7-4-6-18(15-20)27(28,29)30/h3-15H,2,16H2,1H3,(H,31,33)/b23-14-. The van der Waals surface area contributed by atoms with Crippen LogP contribution in [0, 0.1) is 0 Å². The second kappa shape index (κ2) is 11.7. The number of rotatable bonds is 8. The van der Waals surface area contributed by atoms with E-state index in [-0.39, 0.29) is 27.4 Å². The Kier molecular flexibility index (Phi) is 8.38. The normalized spacial score (nSPS) is 14.6. The number of nitrogens with one attached hydrogen (secondary N) is 1. The van der Waals surface area contributed by atoms with Gasteiger partial charge in [-0.15, -0.1) is 0 Å². The van der Waals surface area contributed by atoms with Crippen molar-refractivity contribution < 1.29 is 32.2 Å². The van der Waals surface area contributed by atoms with E-state index in [1.165, 1.54) is 12.1 Å². The highest BCUT2D eigenvalue weighted by molar-refractivity contribution is 8.27. The zero-order chi connectivity index (χ0) is 27.3. The van der Waals surface area contributed by atoms with Crippen LogP contribution in [0.4, 0.5) is 24.5 Å². The third-order valence-electron chi connectivity index (χ3n) is 5.20. The van der Waals surface area contributed by atoms with Crippen LogP contribution in [0.5, 0.6) is 11.5 Å². The summed E-state index contributed by atoms with van der Waals surface area (Å²) < 4.78 is 50.4. The first-order valence-corrected chi connectivity index (χ1v) is 12.6. The van der Waals surface area contributed by atoms with Crippen LogP contribution >= 0.6 is 24.0 Å². The van der Waals surface area contributed by atoms with Gasteiger partial charge in [0.25, 0.3) is 11.8 Å². The molecule has 2 amide bonds. The number of carbonyl (C=O) groups is 2. The molecule has 1 saturated heterocycles. The molecule has 1 fully saturated rings. The van der Waals surface area contributed by atoms with E-state index in [1.807, 2.05) is 6.92 Å². The monoisotopic (exact) mass is 558 g/mol. The second-order valence-electron chi connectivity index (χ2n) is 7.93. The minimum atomic E-state index is -4.54. The van der Waals surface area contributed by atoms with E-state index in [2.05, 4.69) is 5.32 Å². The van der Waals surface area contributed by atoms with Gasteiger partial charge in [0.05, 0.1) is 22.8 Å². The summed E-state index contributed by atoms with van der Waals surface area (Å²) in [6.07, 6.45) is -2.97. The van der Waals surface area contributed by atoms with E-state index >= 15 is 0 Å². The molecule has 196 valence electrons. The van der Waals surface area contributed by atoms with E-state index in [4.69, 9.17) is 21.7 Å². The number of benzene rings is 3. The fourth-order valence-corrected chi connectivity index (χ4v) is 4.80. The average Bonchev–Trinajstić information content (AvgIpc) is 3.16. The molecule has 3 aromatic rings. The Bertz CT molecular complexity index is 1390. The van der Waals surface area contributed by atoms with Crippen LogP contribution in [0.3, 0.4) is 0 Å². The lowest BCUT2D eigenvalue weighted by Crippen LogP contribution is -2.27. The first kappa shape index (κ1) is 27.2. The summed E-state index contributed by atoms with van der Waals surface area (Å²) in [5, 5.41) is 2.73. The van der Waals surface area contributed by atoms with Crippen molar-refractivity contribution in [3.63, 3.8) is 0 Å². The van der Waals surface area contributed by atoms with Gasteiger partial charge in [0.15, 0.2) is 10.9 Å². The molecule has 0 radical (unpaired) electrons. The molecule has 1 aliphatic rings. The van der Waals surface area contributed by atoms with Crippen molar-refractivity contribution in [2.24, 2.45) is 0 Å². The minimum absolute atomic E-state index is 0.0429. The number of hydrogen-bond acceptors (Lipinski definition) is 6. The third-order valence-corrected chi connectivity index (χ3v) is 6.50. The molecule has 0 saturated carbocycles. The molecule has 4 rings (SSSR count). The van der Waals surface area contributed by atoms with Crippen LogP contribution in [0.2, 0.25) is 0 Å². The van der Waals surface area contributed by atoms with E-state index in [0.717, 1.165) is 28.8 Å². The highest BCUT2D eigenvalue weighted by Gasteiger charge is 2.36. The van der Waals surface area contributed by atoms with Gasteiger partial charge in [0.1, 0.15) is 11.5 Å². The number of carbonyl (C=O) groups excluding carboxylic acids is 2. The number of ether oxygens (including phenoxy) is 2. The van der Waals surface area contributed by atoms with E-state index in [1.54, 1.807) is 54.6 Å².